The number of aromatic nitrogens is 2. The molecule has 0 N–H and O–H groups in total. The Bertz CT molecular complexity index is 1120. The van der Waals surface area contributed by atoms with Crippen LogP contribution in [0, 0.1) is 24.0 Å². The van der Waals surface area contributed by atoms with Crippen LogP contribution in [-0.4, -0.2) is 20.8 Å². The van der Waals surface area contributed by atoms with Crippen molar-refractivity contribution in [3.63, 3.8) is 0 Å². The van der Waals surface area contributed by atoms with Crippen molar-refractivity contribution >= 4 is 11.5 Å². The van der Waals surface area contributed by atoms with Gasteiger partial charge in [0.1, 0.15) is 5.75 Å². The number of hydrogen-bond acceptors (Lipinski definition) is 7. The molecule has 0 spiro atoms. The first-order valence-electron chi connectivity index (χ1n) is 9.34. The Hall–Kier alpha value is -3.81. The smallest absolute Gasteiger partial charge is 0.269 e. The van der Waals surface area contributed by atoms with Crippen LogP contribution in [0.4, 0.5) is 5.69 Å². The molecule has 0 aliphatic carbocycles. The summed E-state index contributed by atoms with van der Waals surface area (Å²) in [7, 11) is 0. The number of non-ortho nitro benzene ring substituents is 1. The number of benzene rings is 2. The minimum Gasteiger partial charge on any atom is -0.483 e. The lowest BCUT2D eigenvalue weighted by Gasteiger charge is -2.13. The van der Waals surface area contributed by atoms with E-state index in [1.807, 2.05) is 20.8 Å². The molecule has 30 heavy (non-hydrogen) atoms. The van der Waals surface area contributed by atoms with E-state index in [0.717, 1.165) is 11.1 Å². The number of carbonyl (C=O) groups excluding carboxylic acids is 1. The molecule has 8 nitrogen and oxygen atoms in total. The van der Waals surface area contributed by atoms with Gasteiger partial charge in [0.15, 0.2) is 12.4 Å². The third-order valence-electron chi connectivity index (χ3n) is 4.89. The molecular weight excluding hydrogens is 386 g/mol. The van der Waals surface area contributed by atoms with Gasteiger partial charge >= 0.3 is 0 Å². The van der Waals surface area contributed by atoms with Gasteiger partial charge in [0, 0.05) is 23.3 Å². The third kappa shape index (κ3) is 4.27. The van der Waals surface area contributed by atoms with Gasteiger partial charge < -0.3 is 9.26 Å². The molecule has 0 aliphatic rings. The molecule has 0 saturated carbocycles. The van der Waals surface area contributed by atoms with E-state index in [4.69, 9.17) is 9.26 Å². The Morgan fingerprint density at radius 3 is 2.50 bits per heavy atom. The summed E-state index contributed by atoms with van der Waals surface area (Å²) in [6, 6.07) is 9.35. The predicted octanol–water partition coefficient (Wildman–Crippen LogP) is 4.99. The van der Waals surface area contributed by atoms with Gasteiger partial charge in [-0.05, 0) is 61.2 Å². The number of allylic oxidation sites excluding steroid dienone is 1. The highest BCUT2D eigenvalue weighted by atomic mass is 16.6. The minimum absolute atomic E-state index is 0.0129. The summed E-state index contributed by atoms with van der Waals surface area (Å²) in [5.74, 6) is 1.13. The summed E-state index contributed by atoms with van der Waals surface area (Å²) >= 11 is 0. The Kier molecular flexibility index (Phi) is 6.06. The maximum atomic E-state index is 12.4. The number of hydrogen-bond donors (Lipinski definition) is 0. The summed E-state index contributed by atoms with van der Waals surface area (Å²) in [4.78, 5) is 27.0. The molecule has 1 heterocycles. The zero-order valence-electron chi connectivity index (χ0n) is 17.0. The molecule has 0 saturated heterocycles. The van der Waals surface area contributed by atoms with Crippen molar-refractivity contribution in [1.82, 2.24) is 10.1 Å². The average Bonchev–Trinajstić information content (AvgIpc) is 3.23. The van der Waals surface area contributed by atoms with Gasteiger partial charge in [-0.25, -0.2) is 0 Å². The van der Waals surface area contributed by atoms with Crippen LogP contribution in [0.3, 0.4) is 0 Å². The highest BCUT2D eigenvalue weighted by Crippen LogP contribution is 2.27. The first-order chi connectivity index (χ1) is 14.3. The second-order valence-corrected chi connectivity index (χ2v) is 6.75. The van der Waals surface area contributed by atoms with Crippen molar-refractivity contribution in [2.24, 2.45) is 0 Å². The van der Waals surface area contributed by atoms with E-state index in [1.54, 1.807) is 24.3 Å². The van der Waals surface area contributed by atoms with Crippen LogP contribution in [-0.2, 0) is 6.61 Å². The van der Waals surface area contributed by atoms with Crippen molar-refractivity contribution < 1.29 is 19.0 Å². The zero-order valence-corrected chi connectivity index (χ0v) is 17.0. The van der Waals surface area contributed by atoms with Crippen molar-refractivity contribution in [2.45, 2.75) is 33.8 Å². The highest BCUT2D eigenvalue weighted by Gasteiger charge is 2.16. The molecule has 3 aromatic rings. The molecule has 0 bridgehead atoms. The number of ether oxygens (including phenoxy) is 1. The molecule has 0 amide bonds. The maximum Gasteiger partial charge on any atom is 0.269 e. The number of nitro benzene ring substituents is 1. The second kappa shape index (κ2) is 8.69. The van der Waals surface area contributed by atoms with Crippen molar-refractivity contribution in [2.75, 3.05) is 0 Å². The van der Waals surface area contributed by atoms with Gasteiger partial charge in [0.05, 0.1) is 4.92 Å². The second-order valence-electron chi connectivity index (χ2n) is 6.75. The average molecular weight is 407 g/mol. The van der Waals surface area contributed by atoms with E-state index in [0.29, 0.717) is 34.7 Å². The molecule has 0 fully saturated rings. The molecule has 0 aliphatic heterocycles. The van der Waals surface area contributed by atoms with Crippen LogP contribution in [0.15, 0.2) is 53.1 Å². The molecule has 1 aromatic heterocycles. The van der Waals surface area contributed by atoms with Crippen molar-refractivity contribution in [1.29, 1.82) is 0 Å². The first kappa shape index (κ1) is 20.9. The van der Waals surface area contributed by atoms with E-state index >= 15 is 0 Å². The fourth-order valence-electron chi connectivity index (χ4n) is 2.85. The van der Waals surface area contributed by atoms with Crippen molar-refractivity contribution in [3.05, 3.63) is 81.2 Å². The molecule has 3 rings (SSSR count). The Labute approximate surface area is 173 Å². The van der Waals surface area contributed by atoms with Crippen LogP contribution >= 0.6 is 0 Å². The van der Waals surface area contributed by atoms with E-state index < -0.39 is 4.92 Å². The predicted molar refractivity (Wildman–Crippen MR) is 110 cm³/mol. The van der Waals surface area contributed by atoms with Crippen LogP contribution in [0.5, 0.6) is 5.75 Å². The summed E-state index contributed by atoms with van der Waals surface area (Å²) in [6.45, 7) is 9.52. The Balaban J connectivity index is 1.72. The normalized spacial score (nSPS) is 10.6. The zero-order chi connectivity index (χ0) is 21.8. The van der Waals surface area contributed by atoms with Gasteiger partial charge in [0.25, 0.3) is 11.6 Å². The highest BCUT2D eigenvalue weighted by molar-refractivity contribution is 6.09. The lowest BCUT2D eigenvalue weighted by molar-refractivity contribution is -0.384. The van der Waals surface area contributed by atoms with E-state index in [2.05, 4.69) is 16.7 Å². The molecule has 0 radical (unpaired) electrons. The van der Waals surface area contributed by atoms with Crippen molar-refractivity contribution in [3.8, 4) is 17.1 Å². The topological polar surface area (TPSA) is 108 Å². The number of nitrogens with zero attached hydrogens (tertiary/aromatic N) is 3. The number of rotatable bonds is 8. The summed E-state index contributed by atoms with van der Waals surface area (Å²) in [5, 5.41) is 14.6. The Morgan fingerprint density at radius 2 is 1.87 bits per heavy atom. The van der Waals surface area contributed by atoms with Gasteiger partial charge in [-0.2, -0.15) is 4.98 Å². The number of nitro groups is 1. The van der Waals surface area contributed by atoms with E-state index in [9.17, 15) is 14.9 Å². The lowest BCUT2D eigenvalue weighted by Crippen LogP contribution is -2.07. The maximum absolute atomic E-state index is 12.4. The molecular formula is C22H21N3O5. The summed E-state index contributed by atoms with van der Waals surface area (Å²) in [5.41, 5.74) is 3.45. The monoisotopic (exact) mass is 407 g/mol. The van der Waals surface area contributed by atoms with Gasteiger partial charge in [0.2, 0.25) is 5.82 Å². The summed E-state index contributed by atoms with van der Waals surface area (Å²) in [6.07, 6.45) is 0.601. The Morgan fingerprint density at radius 1 is 1.17 bits per heavy atom. The van der Waals surface area contributed by atoms with Crippen LogP contribution < -0.4 is 4.74 Å². The fraction of sp³-hybridized carbons (Fsp3) is 0.227. The fourth-order valence-corrected chi connectivity index (χ4v) is 2.85. The minimum atomic E-state index is -0.472. The van der Waals surface area contributed by atoms with Crippen LogP contribution in [0.25, 0.3) is 11.4 Å². The molecule has 2 aromatic carbocycles. The van der Waals surface area contributed by atoms with Gasteiger partial charge in [-0.3, -0.25) is 14.9 Å². The quantitative estimate of drug-likeness (QED) is 0.224. The largest absolute Gasteiger partial charge is 0.483 e. The molecule has 154 valence electrons. The molecule has 8 heteroatoms. The lowest BCUT2D eigenvalue weighted by atomic mass is 9.95. The molecule has 0 unspecified atom stereocenters. The summed E-state index contributed by atoms with van der Waals surface area (Å²) < 4.78 is 11.0. The number of carbonyl (C=O) groups is 1. The van der Waals surface area contributed by atoms with Gasteiger partial charge in [-0.15, -0.1) is 0 Å². The number of Topliss-reactive ketones (excluding diaryl/α,β-unsaturated/α-hetero) is 1. The SMILES string of the molecule is C=C(CC)C(=O)c1ccc(OCc2nc(-c3ccc([N+](=O)[O-])cc3)no2)c(C)c1C. The van der Waals surface area contributed by atoms with E-state index in [1.165, 1.54) is 12.1 Å². The third-order valence-corrected chi connectivity index (χ3v) is 4.89. The van der Waals surface area contributed by atoms with Gasteiger partial charge in [-0.1, -0.05) is 18.7 Å². The molecule has 0 atom stereocenters. The first-order valence-corrected chi connectivity index (χ1v) is 9.34. The van der Waals surface area contributed by atoms with Crippen LogP contribution in [0.2, 0.25) is 0 Å². The van der Waals surface area contributed by atoms with Crippen LogP contribution in [0.1, 0.15) is 40.7 Å². The number of ketones is 1. The standard InChI is InChI=1S/C22H21N3O5/c1-5-13(2)21(26)18-10-11-19(15(4)14(18)3)29-12-20-23-22(24-30-20)16-6-8-17(9-7-16)25(27)28/h6-11H,2,5,12H2,1,3-4H3. The van der Waals surface area contributed by atoms with E-state index in [-0.39, 0.29) is 24.0 Å².